The Kier molecular flexibility index (Phi) is 7.20. The van der Waals surface area contributed by atoms with Gasteiger partial charge in [0.05, 0.1) is 5.02 Å². The van der Waals surface area contributed by atoms with Crippen molar-refractivity contribution in [3.05, 3.63) is 50.6 Å². The smallest absolute Gasteiger partial charge is 0.257 e. The van der Waals surface area contributed by atoms with Gasteiger partial charge in [0.1, 0.15) is 5.75 Å². The third-order valence-electron chi connectivity index (χ3n) is 4.51. The van der Waals surface area contributed by atoms with Gasteiger partial charge in [-0.25, -0.2) is 0 Å². The molecule has 7 heteroatoms. The standard InChI is InChI=1S/C19H22Cl2N2O2S/c20-15-3-4-18(17(21)10-15)25-13-19(24)22-11-14-5-7-23(8-6-14)12-16-2-1-9-26-16/h1-4,9-10,14H,5-8,11-13H2,(H,22,24). The molecule has 0 atom stereocenters. The monoisotopic (exact) mass is 412 g/mol. The lowest BCUT2D eigenvalue weighted by Gasteiger charge is -2.31. The molecule has 1 aliphatic rings. The first-order valence-electron chi connectivity index (χ1n) is 8.69. The predicted molar refractivity (Wildman–Crippen MR) is 107 cm³/mol. The van der Waals surface area contributed by atoms with E-state index < -0.39 is 0 Å². The van der Waals surface area contributed by atoms with E-state index in [1.54, 1.807) is 18.2 Å². The lowest BCUT2D eigenvalue weighted by Crippen LogP contribution is -2.39. The highest BCUT2D eigenvalue weighted by Crippen LogP contribution is 2.27. The summed E-state index contributed by atoms with van der Waals surface area (Å²) < 4.78 is 5.46. The quantitative estimate of drug-likeness (QED) is 0.729. The van der Waals surface area contributed by atoms with Crippen molar-refractivity contribution in [1.82, 2.24) is 10.2 Å². The molecule has 0 radical (unpaired) electrons. The highest BCUT2D eigenvalue weighted by molar-refractivity contribution is 7.09. The Morgan fingerprint density at radius 2 is 2.08 bits per heavy atom. The minimum atomic E-state index is -0.128. The lowest BCUT2D eigenvalue weighted by molar-refractivity contribution is -0.123. The second-order valence-corrected chi connectivity index (χ2v) is 8.34. The van der Waals surface area contributed by atoms with Gasteiger partial charge in [0.25, 0.3) is 5.91 Å². The van der Waals surface area contributed by atoms with Gasteiger partial charge in [-0.05, 0) is 61.5 Å². The molecule has 1 amide bonds. The maximum absolute atomic E-state index is 12.0. The third kappa shape index (κ3) is 5.88. The van der Waals surface area contributed by atoms with Gasteiger partial charge in [0.2, 0.25) is 0 Å². The molecule has 0 spiro atoms. The maximum atomic E-state index is 12.0. The van der Waals surface area contributed by atoms with Crippen molar-refractivity contribution in [2.45, 2.75) is 19.4 Å². The van der Waals surface area contributed by atoms with E-state index >= 15 is 0 Å². The molecule has 140 valence electrons. The minimum absolute atomic E-state index is 0.0431. The van der Waals surface area contributed by atoms with Gasteiger partial charge >= 0.3 is 0 Å². The Morgan fingerprint density at radius 3 is 2.77 bits per heavy atom. The fourth-order valence-electron chi connectivity index (χ4n) is 3.02. The van der Waals surface area contributed by atoms with Crippen LogP contribution in [0.15, 0.2) is 35.7 Å². The number of rotatable bonds is 7. The Balaban J connectivity index is 1.33. The van der Waals surface area contributed by atoms with Crippen LogP contribution in [0.25, 0.3) is 0 Å². The number of amides is 1. The van der Waals surface area contributed by atoms with Crippen LogP contribution >= 0.6 is 34.5 Å². The topological polar surface area (TPSA) is 41.6 Å². The summed E-state index contributed by atoms with van der Waals surface area (Å²) in [5, 5.41) is 6.03. The molecule has 0 bridgehead atoms. The number of piperidine rings is 1. The molecule has 0 aliphatic carbocycles. The number of likely N-dealkylation sites (tertiary alicyclic amines) is 1. The van der Waals surface area contributed by atoms with Crippen LogP contribution in [0.4, 0.5) is 0 Å². The summed E-state index contributed by atoms with van der Waals surface area (Å²) in [4.78, 5) is 15.9. The van der Waals surface area contributed by atoms with Gasteiger partial charge in [-0.2, -0.15) is 0 Å². The molecule has 0 saturated carbocycles. The molecule has 2 heterocycles. The van der Waals surface area contributed by atoms with E-state index in [9.17, 15) is 4.79 Å². The third-order valence-corrected chi connectivity index (χ3v) is 5.90. The highest BCUT2D eigenvalue weighted by atomic mass is 35.5. The molecule has 1 aromatic heterocycles. The number of ether oxygens (including phenoxy) is 1. The summed E-state index contributed by atoms with van der Waals surface area (Å²) in [6.07, 6.45) is 2.21. The van der Waals surface area contributed by atoms with Gasteiger partial charge in [0, 0.05) is 23.0 Å². The second-order valence-electron chi connectivity index (χ2n) is 6.47. The van der Waals surface area contributed by atoms with Crippen LogP contribution in [-0.4, -0.2) is 37.0 Å². The maximum Gasteiger partial charge on any atom is 0.257 e. The van der Waals surface area contributed by atoms with Crippen LogP contribution in [0, 0.1) is 5.92 Å². The number of benzene rings is 1. The number of nitrogens with one attached hydrogen (secondary N) is 1. The number of nitrogens with zero attached hydrogens (tertiary/aromatic N) is 1. The number of halogens is 2. The fraction of sp³-hybridized carbons (Fsp3) is 0.421. The van der Waals surface area contributed by atoms with E-state index in [-0.39, 0.29) is 12.5 Å². The van der Waals surface area contributed by atoms with E-state index in [0.717, 1.165) is 32.5 Å². The number of thiophene rings is 1. The summed E-state index contributed by atoms with van der Waals surface area (Å²) in [7, 11) is 0. The zero-order chi connectivity index (χ0) is 18.4. The molecule has 3 rings (SSSR count). The zero-order valence-corrected chi connectivity index (χ0v) is 16.7. The molecule has 1 fully saturated rings. The number of carbonyl (C=O) groups excluding carboxylic acids is 1. The van der Waals surface area contributed by atoms with E-state index in [1.807, 2.05) is 11.3 Å². The lowest BCUT2D eigenvalue weighted by atomic mass is 9.97. The van der Waals surface area contributed by atoms with Crippen LogP contribution in [0.1, 0.15) is 17.7 Å². The molecule has 4 nitrogen and oxygen atoms in total. The molecule has 1 N–H and O–H groups in total. The van der Waals surface area contributed by atoms with Crippen LogP contribution in [-0.2, 0) is 11.3 Å². The van der Waals surface area contributed by atoms with Gasteiger partial charge in [-0.3, -0.25) is 9.69 Å². The molecular formula is C19H22Cl2N2O2S. The first-order valence-corrected chi connectivity index (χ1v) is 10.3. The first-order chi connectivity index (χ1) is 12.6. The van der Waals surface area contributed by atoms with Crippen molar-refractivity contribution < 1.29 is 9.53 Å². The van der Waals surface area contributed by atoms with Gasteiger partial charge in [-0.1, -0.05) is 29.3 Å². The van der Waals surface area contributed by atoms with Crippen molar-refractivity contribution in [1.29, 1.82) is 0 Å². The predicted octanol–water partition coefficient (Wildman–Crippen LogP) is 4.46. The molecule has 0 unspecified atom stereocenters. The number of carbonyl (C=O) groups is 1. The molecule has 2 aromatic rings. The van der Waals surface area contributed by atoms with Crippen molar-refractivity contribution in [3.8, 4) is 5.75 Å². The normalized spacial score (nSPS) is 15.8. The first kappa shape index (κ1) is 19.5. The Bertz CT molecular complexity index is 716. The molecule has 1 aliphatic heterocycles. The molecular weight excluding hydrogens is 391 g/mol. The largest absolute Gasteiger partial charge is 0.482 e. The van der Waals surface area contributed by atoms with E-state index in [0.29, 0.717) is 28.3 Å². The van der Waals surface area contributed by atoms with Crippen LogP contribution < -0.4 is 10.1 Å². The number of hydrogen-bond acceptors (Lipinski definition) is 4. The molecule has 1 saturated heterocycles. The van der Waals surface area contributed by atoms with Crippen molar-refractivity contribution in [3.63, 3.8) is 0 Å². The summed E-state index contributed by atoms with van der Waals surface area (Å²) in [6.45, 7) is 3.85. The van der Waals surface area contributed by atoms with E-state index in [2.05, 4.69) is 27.7 Å². The summed E-state index contributed by atoms with van der Waals surface area (Å²) in [5.74, 6) is 0.864. The average Bonchev–Trinajstić information content (AvgIpc) is 3.13. The van der Waals surface area contributed by atoms with Gasteiger partial charge in [-0.15, -0.1) is 11.3 Å². The zero-order valence-electron chi connectivity index (χ0n) is 14.4. The minimum Gasteiger partial charge on any atom is -0.482 e. The Morgan fingerprint density at radius 1 is 1.27 bits per heavy atom. The van der Waals surface area contributed by atoms with Crippen LogP contribution in [0.3, 0.4) is 0 Å². The van der Waals surface area contributed by atoms with Gasteiger partial charge in [0.15, 0.2) is 6.61 Å². The fourth-order valence-corrected chi connectivity index (χ4v) is 4.23. The van der Waals surface area contributed by atoms with E-state index in [1.165, 1.54) is 4.88 Å². The molecule has 1 aromatic carbocycles. The number of hydrogen-bond donors (Lipinski definition) is 1. The van der Waals surface area contributed by atoms with Crippen molar-refractivity contribution in [2.75, 3.05) is 26.2 Å². The van der Waals surface area contributed by atoms with Gasteiger partial charge < -0.3 is 10.1 Å². The van der Waals surface area contributed by atoms with Crippen molar-refractivity contribution >= 4 is 40.4 Å². The highest BCUT2D eigenvalue weighted by Gasteiger charge is 2.20. The Labute approximate surface area is 168 Å². The summed E-state index contributed by atoms with van der Waals surface area (Å²) >= 11 is 13.7. The summed E-state index contributed by atoms with van der Waals surface area (Å²) in [5.41, 5.74) is 0. The summed E-state index contributed by atoms with van der Waals surface area (Å²) in [6, 6.07) is 9.23. The average molecular weight is 413 g/mol. The van der Waals surface area contributed by atoms with Crippen LogP contribution in [0.5, 0.6) is 5.75 Å². The molecule has 26 heavy (non-hydrogen) atoms. The second kappa shape index (κ2) is 9.60. The van der Waals surface area contributed by atoms with E-state index in [4.69, 9.17) is 27.9 Å². The van der Waals surface area contributed by atoms with Crippen molar-refractivity contribution in [2.24, 2.45) is 5.92 Å². The Hall–Kier alpha value is -1.27. The van der Waals surface area contributed by atoms with Crippen LogP contribution in [0.2, 0.25) is 10.0 Å². The SMILES string of the molecule is O=C(COc1ccc(Cl)cc1Cl)NCC1CCN(Cc2cccs2)CC1.